The van der Waals surface area contributed by atoms with E-state index in [0.717, 1.165) is 49.9 Å². The average Bonchev–Trinajstić information content (AvgIpc) is 2.93. The quantitative estimate of drug-likeness (QED) is 0.263. The first-order valence-corrected chi connectivity index (χ1v) is 17.6. The van der Waals surface area contributed by atoms with Gasteiger partial charge in [-0.1, -0.05) is 63.4 Å². The second-order valence-electron chi connectivity index (χ2n) is 11.8. The highest BCUT2D eigenvalue weighted by atomic mass is 32.2. The summed E-state index contributed by atoms with van der Waals surface area (Å²) in [6.07, 6.45) is 11.3. The van der Waals surface area contributed by atoms with Crippen molar-refractivity contribution >= 4 is 35.3 Å². The SMILES string of the molecule is CSCN(CCNC(CSCC1CCCCC1)C(=O)NC1CCN(Cc2ccccc2)CC1)C(=O)CC(C)C. The van der Waals surface area contributed by atoms with Gasteiger partial charge in [0, 0.05) is 50.9 Å². The molecule has 1 aliphatic heterocycles. The lowest BCUT2D eigenvalue weighted by atomic mass is 9.91. The van der Waals surface area contributed by atoms with E-state index in [2.05, 4.69) is 59.7 Å². The number of hydrogen-bond donors (Lipinski definition) is 2. The summed E-state index contributed by atoms with van der Waals surface area (Å²) in [4.78, 5) is 30.6. The molecule has 1 aromatic rings. The van der Waals surface area contributed by atoms with Gasteiger partial charge >= 0.3 is 0 Å². The lowest BCUT2D eigenvalue weighted by Gasteiger charge is -2.33. The first-order chi connectivity index (χ1) is 18.9. The largest absolute Gasteiger partial charge is 0.352 e. The lowest BCUT2D eigenvalue weighted by Crippen LogP contribution is -2.53. The Bertz CT molecular complexity index is 827. The van der Waals surface area contributed by atoms with Crippen LogP contribution in [0.5, 0.6) is 0 Å². The summed E-state index contributed by atoms with van der Waals surface area (Å²) in [6, 6.07) is 10.6. The predicted octanol–water partition coefficient (Wildman–Crippen LogP) is 5.23. The number of benzene rings is 1. The van der Waals surface area contributed by atoms with Crippen molar-refractivity contribution in [1.29, 1.82) is 0 Å². The van der Waals surface area contributed by atoms with Gasteiger partial charge in [-0.15, -0.1) is 11.8 Å². The van der Waals surface area contributed by atoms with Gasteiger partial charge in [0.1, 0.15) is 0 Å². The molecule has 1 unspecified atom stereocenters. The first-order valence-electron chi connectivity index (χ1n) is 15.1. The molecule has 3 rings (SSSR count). The maximum Gasteiger partial charge on any atom is 0.238 e. The summed E-state index contributed by atoms with van der Waals surface area (Å²) in [5.74, 6) is 4.11. The number of nitrogens with one attached hydrogen (secondary N) is 2. The van der Waals surface area contributed by atoms with Crippen molar-refractivity contribution in [2.45, 2.75) is 83.8 Å². The number of likely N-dealkylation sites (tertiary alicyclic amines) is 1. The lowest BCUT2D eigenvalue weighted by molar-refractivity contribution is -0.130. The van der Waals surface area contributed by atoms with Crippen LogP contribution in [-0.4, -0.2) is 83.5 Å². The molecule has 0 radical (unpaired) electrons. The molecule has 0 bridgehead atoms. The summed E-state index contributed by atoms with van der Waals surface area (Å²) >= 11 is 3.60. The highest BCUT2D eigenvalue weighted by molar-refractivity contribution is 7.99. The van der Waals surface area contributed by atoms with E-state index < -0.39 is 0 Å². The second kappa shape index (κ2) is 18.3. The third-order valence-electron chi connectivity index (χ3n) is 7.86. The zero-order valence-electron chi connectivity index (χ0n) is 24.5. The zero-order chi connectivity index (χ0) is 27.9. The van der Waals surface area contributed by atoms with E-state index in [1.165, 1.54) is 37.7 Å². The van der Waals surface area contributed by atoms with E-state index in [4.69, 9.17) is 0 Å². The van der Waals surface area contributed by atoms with Crippen LogP contribution in [0.15, 0.2) is 30.3 Å². The Morgan fingerprint density at radius 1 is 1.05 bits per heavy atom. The minimum absolute atomic E-state index is 0.123. The van der Waals surface area contributed by atoms with Crippen LogP contribution < -0.4 is 10.6 Å². The highest BCUT2D eigenvalue weighted by Crippen LogP contribution is 2.27. The summed E-state index contributed by atoms with van der Waals surface area (Å²) in [5, 5.41) is 6.92. The Hall–Kier alpha value is -1.22. The number of carbonyl (C=O) groups is 2. The van der Waals surface area contributed by atoms with E-state index in [-0.39, 0.29) is 23.9 Å². The Balaban J connectivity index is 1.48. The van der Waals surface area contributed by atoms with E-state index >= 15 is 0 Å². The Morgan fingerprint density at radius 2 is 1.77 bits per heavy atom. The van der Waals surface area contributed by atoms with Gasteiger partial charge in [-0.05, 0) is 55.1 Å². The molecule has 2 amide bonds. The Morgan fingerprint density at radius 3 is 2.44 bits per heavy atom. The molecule has 1 atom stereocenters. The fourth-order valence-electron chi connectivity index (χ4n) is 5.58. The van der Waals surface area contributed by atoms with Crippen LogP contribution in [-0.2, 0) is 16.1 Å². The topological polar surface area (TPSA) is 64.7 Å². The molecule has 2 fully saturated rings. The third kappa shape index (κ3) is 12.4. The van der Waals surface area contributed by atoms with Gasteiger partial charge in [0.05, 0.1) is 11.9 Å². The summed E-state index contributed by atoms with van der Waals surface area (Å²) in [7, 11) is 0. The Labute approximate surface area is 246 Å². The average molecular weight is 577 g/mol. The van der Waals surface area contributed by atoms with Crippen LogP contribution in [0.1, 0.15) is 70.8 Å². The molecule has 220 valence electrons. The van der Waals surface area contributed by atoms with Crippen molar-refractivity contribution in [3.63, 3.8) is 0 Å². The van der Waals surface area contributed by atoms with Crippen molar-refractivity contribution in [2.75, 3.05) is 49.8 Å². The number of piperidine rings is 1. The molecular weight excluding hydrogens is 525 g/mol. The number of thioether (sulfide) groups is 2. The summed E-state index contributed by atoms with van der Waals surface area (Å²) in [5.41, 5.74) is 1.35. The van der Waals surface area contributed by atoms with Gasteiger partial charge < -0.3 is 15.5 Å². The molecule has 6 nitrogen and oxygen atoms in total. The first kappa shape index (κ1) is 32.3. The van der Waals surface area contributed by atoms with E-state index in [1.54, 1.807) is 11.8 Å². The standard InChI is InChI=1S/C31H52N4O2S2/c1-25(2)20-30(36)35(24-38-3)19-16-32-29(23-39-22-27-12-8-5-9-13-27)31(37)33-28-14-17-34(18-15-28)21-26-10-6-4-7-11-26/h4,6-7,10-11,25,27-29,32H,5,8-9,12-24H2,1-3H3,(H,33,37). The molecule has 2 N–H and O–H groups in total. The van der Waals surface area contributed by atoms with Gasteiger partial charge in [0.2, 0.25) is 11.8 Å². The molecule has 8 heteroatoms. The van der Waals surface area contributed by atoms with Gasteiger partial charge in [-0.25, -0.2) is 0 Å². The highest BCUT2D eigenvalue weighted by Gasteiger charge is 2.26. The molecule has 1 heterocycles. The van der Waals surface area contributed by atoms with E-state index in [0.29, 0.717) is 31.3 Å². The molecule has 1 saturated carbocycles. The monoisotopic (exact) mass is 576 g/mol. The predicted molar refractivity (Wildman–Crippen MR) is 168 cm³/mol. The second-order valence-corrected chi connectivity index (χ2v) is 13.7. The van der Waals surface area contributed by atoms with Crippen LogP contribution in [0.2, 0.25) is 0 Å². The minimum Gasteiger partial charge on any atom is -0.352 e. The van der Waals surface area contributed by atoms with Crippen molar-refractivity contribution < 1.29 is 9.59 Å². The van der Waals surface area contributed by atoms with Gasteiger partial charge in [-0.2, -0.15) is 11.8 Å². The van der Waals surface area contributed by atoms with Crippen molar-refractivity contribution in [3.8, 4) is 0 Å². The van der Waals surface area contributed by atoms with Gasteiger partial charge in [0.25, 0.3) is 0 Å². The normalized spacial score (nSPS) is 18.3. The van der Waals surface area contributed by atoms with Crippen LogP contribution in [0.3, 0.4) is 0 Å². The van der Waals surface area contributed by atoms with Crippen molar-refractivity contribution in [1.82, 2.24) is 20.4 Å². The third-order valence-corrected chi connectivity index (χ3v) is 9.70. The fourth-order valence-corrected chi connectivity index (χ4v) is 7.47. The van der Waals surface area contributed by atoms with Crippen LogP contribution >= 0.6 is 23.5 Å². The maximum absolute atomic E-state index is 13.5. The van der Waals surface area contributed by atoms with Crippen molar-refractivity contribution in [3.05, 3.63) is 35.9 Å². The van der Waals surface area contributed by atoms with Crippen LogP contribution in [0.25, 0.3) is 0 Å². The molecule has 1 aliphatic carbocycles. The number of carbonyl (C=O) groups excluding carboxylic acids is 2. The van der Waals surface area contributed by atoms with E-state index in [1.807, 2.05) is 22.9 Å². The summed E-state index contributed by atoms with van der Waals surface area (Å²) in [6.45, 7) is 8.45. The van der Waals surface area contributed by atoms with Gasteiger partial charge in [-0.3, -0.25) is 14.5 Å². The molecule has 39 heavy (non-hydrogen) atoms. The van der Waals surface area contributed by atoms with E-state index in [9.17, 15) is 9.59 Å². The molecule has 1 aromatic carbocycles. The van der Waals surface area contributed by atoms with Crippen LogP contribution in [0, 0.1) is 11.8 Å². The minimum atomic E-state index is -0.225. The number of nitrogens with zero attached hydrogens (tertiary/aromatic N) is 2. The maximum atomic E-state index is 13.5. The summed E-state index contributed by atoms with van der Waals surface area (Å²) < 4.78 is 0. The fraction of sp³-hybridized carbons (Fsp3) is 0.742. The molecular formula is C31H52N4O2S2. The molecule has 0 spiro atoms. The Kier molecular flexibility index (Phi) is 15.1. The molecule has 2 aliphatic rings. The van der Waals surface area contributed by atoms with Crippen LogP contribution in [0.4, 0.5) is 0 Å². The number of rotatable bonds is 16. The molecule has 0 aromatic heterocycles. The number of hydrogen-bond acceptors (Lipinski definition) is 6. The molecule has 1 saturated heterocycles. The zero-order valence-corrected chi connectivity index (χ0v) is 26.2. The smallest absolute Gasteiger partial charge is 0.238 e. The van der Waals surface area contributed by atoms with Crippen molar-refractivity contribution in [2.24, 2.45) is 11.8 Å². The van der Waals surface area contributed by atoms with Gasteiger partial charge in [0.15, 0.2) is 0 Å². The number of amides is 2.